The van der Waals surface area contributed by atoms with Crippen molar-refractivity contribution in [1.82, 2.24) is 0 Å². The number of carboxylic acid groups (broad SMARTS) is 1. The van der Waals surface area contributed by atoms with E-state index in [1.54, 1.807) is 0 Å². The molecule has 0 heterocycles. The third-order valence-electron chi connectivity index (χ3n) is 11.5. The third-order valence-corrected chi connectivity index (χ3v) is 11.5. The number of allylic oxidation sites excluding steroid dienone is 8. The zero-order valence-electron chi connectivity index (χ0n) is 42.9. The van der Waals surface area contributed by atoms with E-state index in [4.69, 9.17) is 18.9 Å². The summed E-state index contributed by atoms with van der Waals surface area (Å²) in [5.41, 5.74) is 0. The minimum Gasteiger partial charge on any atom is -0.545 e. The first kappa shape index (κ1) is 62.2. The van der Waals surface area contributed by atoms with Crippen molar-refractivity contribution in [3.8, 4) is 0 Å². The summed E-state index contributed by atoms with van der Waals surface area (Å²) >= 11 is 0. The van der Waals surface area contributed by atoms with Gasteiger partial charge in [-0.3, -0.25) is 9.59 Å². The molecule has 9 heteroatoms. The fourth-order valence-electron chi connectivity index (χ4n) is 7.36. The topological polar surface area (TPSA) is 111 Å². The first-order valence-corrected chi connectivity index (χ1v) is 26.8. The van der Waals surface area contributed by atoms with Crippen LogP contribution in [-0.4, -0.2) is 82.3 Å². The number of hydrogen-bond acceptors (Lipinski definition) is 8. The highest BCUT2D eigenvalue weighted by Crippen LogP contribution is 2.15. The van der Waals surface area contributed by atoms with E-state index in [-0.39, 0.29) is 38.6 Å². The van der Waals surface area contributed by atoms with Gasteiger partial charge in [-0.25, -0.2) is 0 Å². The Balaban J connectivity index is 4.31. The van der Waals surface area contributed by atoms with Gasteiger partial charge in [0.1, 0.15) is 13.2 Å². The number of hydrogen-bond donors (Lipinski definition) is 0. The standard InChI is InChI=1S/C56H101NO8/c1-6-8-10-12-14-16-18-20-22-24-25-26-27-28-29-31-33-35-37-39-41-43-45-47-54(59)65-52(51-64-56(55(60)61)62-49-48-57(3,4)5)50-63-53(58)46-44-42-40-38-36-34-32-30-23-21-19-17-15-13-11-9-7-2/h15,17-18,20-21,23-25,52,56H,6-14,16,19,22,26-51H2,1-5H3/b17-15-,20-18-,23-21-,25-24-. The fourth-order valence-corrected chi connectivity index (χ4v) is 7.36. The van der Waals surface area contributed by atoms with Crippen LogP contribution in [0.5, 0.6) is 0 Å². The van der Waals surface area contributed by atoms with Gasteiger partial charge in [0, 0.05) is 12.8 Å². The van der Waals surface area contributed by atoms with Gasteiger partial charge >= 0.3 is 11.9 Å². The van der Waals surface area contributed by atoms with Gasteiger partial charge in [-0.2, -0.15) is 0 Å². The molecule has 0 fully saturated rings. The SMILES string of the molecule is CCCCC/C=C\C/C=C\CCCCCCCCCC(=O)OCC(COC(OCC[N+](C)(C)C)C(=O)[O-])OC(=O)CCCCCCCCCCCCC/C=C\C/C=C\CCCCCCC. The summed E-state index contributed by atoms with van der Waals surface area (Å²) in [6.45, 7) is 4.71. The fraction of sp³-hybridized carbons (Fsp3) is 0.804. The highest BCUT2D eigenvalue weighted by Gasteiger charge is 2.22. The normalized spacial score (nSPS) is 13.2. The Hall–Kier alpha value is -2.75. The molecule has 0 bridgehead atoms. The van der Waals surface area contributed by atoms with Gasteiger partial charge in [0.15, 0.2) is 12.4 Å². The Bertz CT molecular complexity index is 1210. The number of quaternary nitrogens is 1. The number of likely N-dealkylation sites (N-methyl/N-ethyl adjacent to an activating group) is 1. The second kappa shape index (κ2) is 47.7. The second-order valence-electron chi connectivity index (χ2n) is 19.2. The van der Waals surface area contributed by atoms with E-state index >= 15 is 0 Å². The first-order valence-electron chi connectivity index (χ1n) is 26.8. The molecule has 0 N–H and O–H groups in total. The van der Waals surface area contributed by atoms with Gasteiger partial charge in [0.25, 0.3) is 0 Å². The first-order chi connectivity index (χ1) is 31.6. The molecule has 0 aromatic heterocycles. The van der Waals surface area contributed by atoms with Crippen LogP contribution in [-0.2, 0) is 33.3 Å². The Morgan fingerprint density at radius 2 is 0.831 bits per heavy atom. The molecule has 0 aromatic rings. The number of carboxylic acids is 1. The van der Waals surface area contributed by atoms with E-state index in [1.165, 1.54) is 135 Å². The van der Waals surface area contributed by atoms with Crippen LogP contribution in [0.25, 0.3) is 0 Å². The maximum Gasteiger partial charge on any atom is 0.306 e. The highest BCUT2D eigenvalue weighted by molar-refractivity contribution is 5.70. The van der Waals surface area contributed by atoms with Crippen LogP contribution in [0.15, 0.2) is 48.6 Å². The van der Waals surface area contributed by atoms with Crippen LogP contribution in [0, 0.1) is 0 Å². The summed E-state index contributed by atoms with van der Waals surface area (Å²) in [6, 6.07) is 0. The van der Waals surface area contributed by atoms with Crippen molar-refractivity contribution >= 4 is 17.9 Å². The molecule has 0 amide bonds. The second-order valence-corrected chi connectivity index (χ2v) is 19.2. The molecule has 2 atom stereocenters. The summed E-state index contributed by atoms with van der Waals surface area (Å²) in [7, 11) is 5.91. The minimum absolute atomic E-state index is 0.145. The van der Waals surface area contributed by atoms with Gasteiger partial charge in [-0.1, -0.05) is 191 Å². The van der Waals surface area contributed by atoms with Gasteiger partial charge in [-0.05, 0) is 77.0 Å². The molecular weight excluding hydrogens is 815 g/mol. The molecule has 0 aliphatic rings. The number of aliphatic carboxylic acids is 1. The lowest BCUT2D eigenvalue weighted by Crippen LogP contribution is -2.44. The van der Waals surface area contributed by atoms with Crippen molar-refractivity contribution in [1.29, 1.82) is 0 Å². The largest absolute Gasteiger partial charge is 0.545 e. The number of esters is 2. The molecule has 2 unspecified atom stereocenters. The number of carbonyl (C=O) groups is 3. The Labute approximate surface area is 400 Å². The lowest BCUT2D eigenvalue weighted by Gasteiger charge is -2.26. The summed E-state index contributed by atoms with van der Waals surface area (Å²) in [5, 5.41) is 11.7. The molecule has 0 aromatic carbocycles. The van der Waals surface area contributed by atoms with Crippen LogP contribution in [0.2, 0.25) is 0 Å². The maximum absolute atomic E-state index is 12.8. The molecule has 0 aliphatic heterocycles. The van der Waals surface area contributed by atoms with Crippen molar-refractivity contribution in [3.63, 3.8) is 0 Å². The number of nitrogens with zero attached hydrogens (tertiary/aromatic N) is 1. The van der Waals surface area contributed by atoms with Gasteiger partial charge in [0.05, 0.1) is 40.3 Å². The lowest BCUT2D eigenvalue weighted by atomic mass is 10.0. The zero-order chi connectivity index (χ0) is 47.7. The number of rotatable bonds is 49. The molecule has 0 aliphatic carbocycles. The molecule has 0 radical (unpaired) electrons. The summed E-state index contributed by atoms with van der Waals surface area (Å²) in [6.07, 6.45) is 54.3. The molecule has 0 saturated heterocycles. The molecule has 65 heavy (non-hydrogen) atoms. The van der Waals surface area contributed by atoms with E-state index < -0.39 is 24.3 Å². The molecule has 9 nitrogen and oxygen atoms in total. The Kier molecular flexibility index (Phi) is 45.7. The molecule has 0 rings (SSSR count). The van der Waals surface area contributed by atoms with Crippen molar-refractivity contribution in [3.05, 3.63) is 48.6 Å². The van der Waals surface area contributed by atoms with Crippen molar-refractivity contribution in [2.24, 2.45) is 0 Å². The molecule has 378 valence electrons. The predicted molar refractivity (Wildman–Crippen MR) is 269 cm³/mol. The van der Waals surface area contributed by atoms with Crippen molar-refractivity contribution in [2.75, 3.05) is 47.5 Å². The zero-order valence-corrected chi connectivity index (χ0v) is 42.9. The number of carbonyl (C=O) groups excluding carboxylic acids is 3. The summed E-state index contributed by atoms with van der Waals surface area (Å²) in [5.74, 6) is -2.29. The van der Waals surface area contributed by atoms with Crippen LogP contribution in [0.3, 0.4) is 0 Å². The van der Waals surface area contributed by atoms with Gasteiger partial charge < -0.3 is 33.3 Å². The third kappa shape index (κ3) is 49.0. The highest BCUT2D eigenvalue weighted by atomic mass is 16.7. The minimum atomic E-state index is -1.62. The molecular formula is C56H101NO8. The van der Waals surface area contributed by atoms with E-state index in [2.05, 4.69) is 62.5 Å². The van der Waals surface area contributed by atoms with E-state index in [0.29, 0.717) is 17.4 Å². The molecule has 0 spiro atoms. The van der Waals surface area contributed by atoms with Gasteiger partial charge in [0.2, 0.25) is 0 Å². The van der Waals surface area contributed by atoms with E-state index in [9.17, 15) is 19.5 Å². The average molecular weight is 916 g/mol. The quantitative estimate of drug-likeness (QED) is 0.0195. The maximum atomic E-state index is 12.8. The lowest BCUT2D eigenvalue weighted by molar-refractivity contribution is -0.870. The van der Waals surface area contributed by atoms with E-state index in [1.807, 2.05) is 21.1 Å². The van der Waals surface area contributed by atoms with E-state index in [0.717, 1.165) is 64.2 Å². The Morgan fingerprint density at radius 3 is 1.25 bits per heavy atom. The number of ether oxygens (including phenoxy) is 4. The monoisotopic (exact) mass is 916 g/mol. The smallest absolute Gasteiger partial charge is 0.306 e. The van der Waals surface area contributed by atoms with Crippen molar-refractivity contribution < 1.29 is 42.9 Å². The van der Waals surface area contributed by atoms with Crippen LogP contribution in [0.1, 0.15) is 232 Å². The Morgan fingerprint density at radius 1 is 0.462 bits per heavy atom. The van der Waals surface area contributed by atoms with Gasteiger partial charge in [-0.15, -0.1) is 0 Å². The van der Waals surface area contributed by atoms with Crippen LogP contribution < -0.4 is 5.11 Å². The van der Waals surface area contributed by atoms with Crippen LogP contribution >= 0.6 is 0 Å². The average Bonchev–Trinajstić information content (AvgIpc) is 3.27. The summed E-state index contributed by atoms with van der Waals surface area (Å²) in [4.78, 5) is 37.2. The van der Waals surface area contributed by atoms with Crippen LogP contribution in [0.4, 0.5) is 0 Å². The number of unbranched alkanes of at least 4 members (excludes halogenated alkanes) is 26. The molecule has 0 saturated carbocycles. The predicted octanol–water partition coefficient (Wildman–Crippen LogP) is 13.8. The van der Waals surface area contributed by atoms with Crippen molar-refractivity contribution in [2.45, 2.75) is 245 Å². The summed E-state index contributed by atoms with van der Waals surface area (Å²) < 4.78 is 22.6.